The molecule has 0 spiro atoms. The molecule has 4 heteroatoms. The summed E-state index contributed by atoms with van der Waals surface area (Å²) in [6, 6.07) is 7.98. The number of amidine groups is 1. The zero-order valence-electron chi connectivity index (χ0n) is 11.0. The van der Waals surface area contributed by atoms with Crippen molar-refractivity contribution in [2.24, 2.45) is 5.92 Å². The van der Waals surface area contributed by atoms with Crippen LogP contribution in [0.15, 0.2) is 24.3 Å². The second-order valence-corrected chi connectivity index (χ2v) is 5.43. The lowest BCUT2D eigenvalue weighted by molar-refractivity contribution is 0.368. The SMILES string of the molecule is CC(C)C(=N)N1CCN(c2ccc(Cl)cc2)CC1. The molecule has 0 unspecified atom stereocenters. The third kappa shape index (κ3) is 2.96. The molecule has 0 saturated carbocycles. The van der Waals surface area contributed by atoms with Crippen molar-refractivity contribution in [1.29, 1.82) is 5.41 Å². The minimum absolute atomic E-state index is 0.312. The minimum atomic E-state index is 0.312. The van der Waals surface area contributed by atoms with Crippen LogP contribution in [0.1, 0.15) is 13.8 Å². The van der Waals surface area contributed by atoms with E-state index in [4.69, 9.17) is 17.0 Å². The summed E-state index contributed by atoms with van der Waals surface area (Å²) in [6.07, 6.45) is 0. The number of hydrogen-bond acceptors (Lipinski definition) is 2. The molecule has 0 aromatic heterocycles. The van der Waals surface area contributed by atoms with Gasteiger partial charge in [0.15, 0.2) is 0 Å². The van der Waals surface area contributed by atoms with E-state index >= 15 is 0 Å². The molecule has 0 amide bonds. The van der Waals surface area contributed by atoms with Crippen molar-refractivity contribution in [1.82, 2.24) is 4.90 Å². The van der Waals surface area contributed by atoms with E-state index in [9.17, 15) is 0 Å². The van der Waals surface area contributed by atoms with Crippen LogP contribution < -0.4 is 4.90 Å². The molecule has 2 rings (SSSR count). The Kier molecular flexibility index (Phi) is 4.12. The van der Waals surface area contributed by atoms with E-state index in [1.54, 1.807) is 0 Å². The predicted molar refractivity (Wildman–Crippen MR) is 77.8 cm³/mol. The van der Waals surface area contributed by atoms with Crippen LogP contribution in [0.3, 0.4) is 0 Å². The molecule has 3 nitrogen and oxygen atoms in total. The lowest BCUT2D eigenvalue weighted by Crippen LogP contribution is -2.49. The summed E-state index contributed by atoms with van der Waals surface area (Å²) in [5, 5.41) is 8.80. The summed E-state index contributed by atoms with van der Waals surface area (Å²) in [6.45, 7) is 7.95. The van der Waals surface area contributed by atoms with Gasteiger partial charge in [-0.3, -0.25) is 5.41 Å². The van der Waals surface area contributed by atoms with Gasteiger partial charge in [-0.25, -0.2) is 0 Å². The molecule has 1 fully saturated rings. The zero-order chi connectivity index (χ0) is 13.1. The first-order valence-electron chi connectivity index (χ1n) is 6.42. The van der Waals surface area contributed by atoms with Crippen LogP contribution in [0.5, 0.6) is 0 Å². The largest absolute Gasteiger partial charge is 0.368 e. The van der Waals surface area contributed by atoms with E-state index in [1.807, 2.05) is 12.1 Å². The van der Waals surface area contributed by atoms with Gasteiger partial charge in [-0.1, -0.05) is 25.4 Å². The highest BCUT2D eigenvalue weighted by Gasteiger charge is 2.20. The van der Waals surface area contributed by atoms with Gasteiger partial charge in [0, 0.05) is 42.8 Å². The molecule has 0 atom stereocenters. The molecular formula is C14H20ClN3. The first kappa shape index (κ1) is 13.2. The van der Waals surface area contributed by atoms with Crippen molar-refractivity contribution < 1.29 is 0 Å². The molecule has 0 aliphatic carbocycles. The van der Waals surface area contributed by atoms with Crippen LogP contribution in [0.2, 0.25) is 5.02 Å². The summed E-state index contributed by atoms with van der Waals surface area (Å²) in [5.74, 6) is 1.07. The van der Waals surface area contributed by atoms with Crippen molar-refractivity contribution in [3.05, 3.63) is 29.3 Å². The van der Waals surface area contributed by atoms with E-state index in [0.717, 1.165) is 37.0 Å². The molecule has 1 aliphatic heterocycles. The highest BCUT2D eigenvalue weighted by molar-refractivity contribution is 6.30. The number of nitrogens with zero attached hydrogens (tertiary/aromatic N) is 2. The van der Waals surface area contributed by atoms with Crippen LogP contribution in [-0.4, -0.2) is 36.9 Å². The lowest BCUT2D eigenvalue weighted by Gasteiger charge is -2.38. The molecule has 1 aliphatic rings. The molecule has 98 valence electrons. The fraction of sp³-hybridized carbons (Fsp3) is 0.500. The first-order chi connectivity index (χ1) is 8.58. The quantitative estimate of drug-likeness (QED) is 0.658. The van der Waals surface area contributed by atoms with Crippen molar-refractivity contribution in [3.8, 4) is 0 Å². The van der Waals surface area contributed by atoms with Gasteiger partial charge < -0.3 is 9.80 Å². The van der Waals surface area contributed by atoms with Crippen molar-refractivity contribution in [3.63, 3.8) is 0 Å². The van der Waals surface area contributed by atoms with E-state index in [0.29, 0.717) is 5.92 Å². The average Bonchev–Trinajstić information content (AvgIpc) is 2.39. The molecule has 1 N–H and O–H groups in total. The van der Waals surface area contributed by atoms with Gasteiger partial charge in [0.1, 0.15) is 0 Å². The van der Waals surface area contributed by atoms with Gasteiger partial charge in [0.25, 0.3) is 0 Å². The lowest BCUT2D eigenvalue weighted by atomic mass is 10.1. The Labute approximate surface area is 114 Å². The normalized spacial score (nSPS) is 16.2. The number of benzene rings is 1. The number of anilines is 1. The van der Waals surface area contributed by atoms with Crippen LogP contribution in [-0.2, 0) is 0 Å². The summed E-state index contributed by atoms with van der Waals surface area (Å²) >= 11 is 5.90. The van der Waals surface area contributed by atoms with Gasteiger partial charge in [-0.15, -0.1) is 0 Å². The molecule has 1 aromatic carbocycles. The fourth-order valence-electron chi connectivity index (χ4n) is 2.22. The standard InChI is InChI=1S/C14H20ClN3/c1-11(2)14(16)18-9-7-17(8-10-18)13-5-3-12(15)4-6-13/h3-6,11,16H,7-10H2,1-2H3. The maximum atomic E-state index is 8.03. The number of halogens is 1. The van der Waals surface area contributed by atoms with Crippen molar-refractivity contribution >= 4 is 23.1 Å². The third-order valence-electron chi connectivity index (χ3n) is 3.36. The van der Waals surface area contributed by atoms with Gasteiger partial charge in [0.05, 0.1) is 5.84 Å². The smallest absolute Gasteiger partial charge is 0.0985 e. The Morgan fingerprint density at radius 3 is 2.17 bits per heavy atom. The molecule has 1 heterocycles. The summed E-state index contributed by atoms with van der Waals surface area (Å²) < 4.78 is 0. The van der Waals surface area contributed by atoms with Gasteiger partial charge >= 0.3 is 0 Å². The average molecular weight is 266 g/mol. The fourth-order valence-corrected chi connectivity index (χ4v) is 2.35. The molecule has 0 radical (unpaired) electrons. The molecular weight excluding hydrogens is 246 g/mol. The monoisotopic (exact) mass is 265 g/mol. The Morgan fingerprint density at radius 1 is 1.11 bits per heavy atom. The van der Waals surface area contributed by atoms with E-state index in [2.05, 4.69) is 35.8 Å². The number of hydrogen-bond donors (Lipinski definition) is 1. The third-order valence-corrected chi connectivity index (χ3v) is 3.61. The Balaban J connectivity index is 1.94. The van der Waals surface area contributed by atoms with Crippen molar-refractivity contribution in [2.75, 3.05) is 31.1 Å². The van der Waals surface area contributed by atoms with Gasteiger partial charge in [-0.2, -0.15) is 0 Å². The molecule has 18 heavy (non-hydrogen) atoms. The maximum Gasteiger partial charge on any atom is 0.0985 e. The van der Waals surface area contributed by atoms with Crippen molar-refractivity contribution in [2.45, 2.75) is 13.8 Å². The van der Waals surface area contributed by atoms with Gasteiger partial charge in [0.2, 0.25) is 0 Å². The van der Waals surface area contributed by atoms with Gasteiger partial charge in [-0.05, 0) is 24.3 Å². The number of nitrogens with one attached hydrogen (secondary N) is 1. The summed E-state index contributed by atoms with van der Waals surface area (Å²) in [7, 11) is 0. The van der Waals surface area contributed by atoms with E-state index in [1.165, 1.54) is 5.69 Å². The zero-order valence-corrected chi connectivity index (χ0v) is 11.7. The second kappa shape index (κ2) is 5.61. The Hall–Kier alpha value is -1.22. The maximum absolute atomic E-state index is 8.03. The molecule has 0 bridgehead atoms. The Bertz CT molecular complexity index is 406. The molecule has 1 aromatic rings. The topological polar surface area (TPSA) is 30.3 Å². The van der Waals surface area contributed by atoms with E-state index in [-0.39, 0.29) is 0 Å². The highest BCUT2D eigenvalue weighted by Crippen LogP contribution is 2.19. The van der Waals surface area contributed by atoms with Crippen LogP contribution >= 0.6 is 11.6 Å². The predicted octanol–water partition coefficient (Wildman–Crippen LogP) is 3.10. The van der Waals surface area contributed by atoms with E-state index < -0.39 is 0 Å². The summed E-state index contributed by atoms with van der Waals surface area (Å²) in [4.78, 5) is 4.53. The Morgan fingerprint density at radius 2 is 1.67 bits per heavy atom. The number of rotatable bonds is 2. The minimum Gasteiger partial charge on any atom is -0.368 e. The molecule has 1 saturated heterocycles. The van der Waals surface area contributed by atoms with Crippen LogP contribution in [0.25, 0.3) is 0 Å². The van der Waals surface area contributed by atoms with Crippen LogP contribution in [0.4, 0.5) is 5.69 Å². The highest BCUT2D eigenvalue weighted by atomic mass is 35.5. The first-order valence-corrected chi connectivity index (χ1v) is 6.79. The van der Waals surface area contributed by atoms with Crippen LogP contribution in [0, 0.1) is 11.3 Å². The second-order valence-electron chi connectivity index (χ2n) is 4.99. The summed E-state index contributed by atoms with van der Waals surface area (Å²) in [5.41, 5.74) is 1.22. The number of piperazine rings is 1.